The van der Waals surface area contributed by atoms with E-state index in [-0.39, 0.29) is 0 Å². The van der Waals surface area contributed by atoms with Gasteiger partial charge in [-0.2, -0.15) is 0 Å². The van der Waals surface area contributed by atoms with Gasteiger partial charge in [0.25, 0.3) is 0 Å². The highest BCUT2D eigenvalue weighted by molar-refractivity contribution is 7.09. The van der Waals surface area contributed by atoms with Crippen LogP contribution < -0.4 is 5.32 Å². The summed E-state index contributed by atoms with van der Waals surface area (Å²) in [4.78, 5) is 5.64. The number of hydrogen-bond acceptors (Lipinski definition) is 3. The normalized spacial score (nSPS) is 12.6. The number of hydrogen-bond donors (Lipinski definition) is 1. The second kappa shape index (κ2) is 6.12. The van der Waals surface area contributed by atoms with Crippen LogP contribution in [0.3, 0.4) is 0 Å². The first-order chi connectivity index (χ1) is 8.72. The van der Waals surface area contributed by atoms with E-state index in [1.54, 1.807) is 11.3 Å². The minimum absolute atomic E-state index is 0.363. The van der Waals surface area contributed by atoms with E-state index >= 15 is 0 Å². The molecule has 1 aromatic heterocycles. The van der Waals surface area contributed by atoms with E-state index in [1.165, 1.54) is 16.0 Å². The summed E-state index contributed by atoms with van der Waals surface area (Å²) in [6, 6.07) is 9.00. The van der Waals surface area contributed by atoms with Gasteiger partial charge in [0.2, 0.25) is 0 Å². The van der Waals surface area contributed by atoms with E-state index in [4.69, 9.17) is 0 Å². The summed E-state index contributed by atoms with van der Waals surface area (Å²) in [5, 5.41) is 3.59. The van der Waals surface area contributed by atoms with Gasteiger partial charge >= 0.3 is 0 Å². The van der Waals surface area contributed by atoms with E-state index in [2.05, 4.69) is 55.3 Å². The SMILES string of the molecule is CCc1ccccc1CNC(C)c1scnc1C. The first-order valence-corrected chi connectivity index (χ1v) is 7.30. The van der Waals surface area contributed by atoms with Crippen molar-refractivity contribution in [2.45, 2.75) is 39.8 Å². The minimum atomic E-state index is 0.363. The molecule has 1 unspecified atom stereocenters. The van der Waals surface area contributed by atoms with E-state index in [0.29, 0.717) is 6.04 Å². The van der Waals surface area contributed by atoms with Crippen LogP contribution in [0.2, 0.25) is 0 Å². The highest BCUT2D eigenvalue weighted by Gasteiger charge is 2.10. The fraction of sp³-hybridized carbons (Fsp3) is 0.400. The standard InChI is InChI=1S/C15H20N2S/c1-4-13-7-5-6-8-14(13)9-16-11(2)15-12(3)17-10-18-15/h5-8,10-11,16H,4,9H2,1-3H3. The second-order valence-corrected chi connectivity index (χ2v) is 5.41. The zero-order valence-corrected chi connectivity index (χ0v) is 12.1. The van der Waals surface area contributed by atoms with Crippen molar-refractivity contribution >= 4 is 11.3 Å². The zero-order chi connectivity index (χ0) is 13.0. The van der Waals surface area contributed by atoms with Crippen molar-refractivity contribution < 1.29 is 0 Å². The van der Waals surface area contributed by atoms with Crippen molar-refractivity contribution in [1.82, 2.24) is 10.3 Å². The lowest BCUT2D eigenvalue weighted by Crippen LogP contribution is -2.18. The van der Waals surface area contributed by atoms with E-state index in [1.807, 2.05) is 5.51 Å². The van der Waals surface area contributed by atoms with E-state index in [9.17, 15) is 0 Å². The molecule has 1 aromatic carbocycles. The fourth-order valence-corrected chi connectivity index (χ4v) is 2.99. The number of thiazole rings is 1. The molecule has 1 N–H and O–H groups in total. The monoisotopic (exact) mass is 260 g/mol. The molecule has 96 valence electrons. The molecular weight excluding hydrogens is 240 g/mol. The van der Waals surface area contributed by atoms with Crippen LogP contribution in [0.5, 0.6) is 0 Å². The molecule has 3 heteroatoms. The molecule has 2 rings (SSSR count). The van der Waals surface area contributed by atoms with Crippen LogP contribution in [0, 0.1) is 6.92 Å². The Morgan fingerprint density at radius 1 is 1.28 bits per heavy atom. The van der Waals surface area contributed by atoms with Gasteiger partial charge < -0.3 is 5.32 Å². The van der Waals surface area contributed by atoms with E-state index in [0.717, 1.165) is 18.7 Å². The van der Waals surface area contributed by atoms with Gasteiger partial charge in [0.15, 0.2) is 0 Å². The molecule has 2 nitrogen and oxygen atoms in total. The Kier molecular flexibility index (Phi) is 4.50. The van der Waals surface area contributed by atoms with Gasteiger partial charge in [-0.1, -0.05) is 31.2 Å². The number of nitrogens with one attached hydrogen (secondary N) is 1. The minimum Gasteiger partial charge on any atom is -0.305 e. The van der Waals surface area contributed by atoms with Crippen molar-refractivity contribution in [3.05, 3.63) is 51.5 Å². The fourth-order valence-electron chi connectivity index (χ4n) is 2.16. The average molecular weight is 260 g/mol. The summed E-state index contributed by atoms with van der Waals surface area (Å²) in [5.41, 5.74) is 5.89. The maximum absolute atomic E-state index is 4.30. The molecule has 0 aliphatic carbocycles. The van der Waals surface area contributed by atoms with Crippen LogP contribution in [-0.2, 0) is 13.0 Å². The maximum Gasteiger partial charge on any atom is 0.0798 e. The lowest BCUT2D eigenvalue weighted by Gasteiger charge is -2.14. The number of nitrogens with zero attached hydrogens (tertiary/aromatic N) is 1. The van der Waals surface area contributed by atoms with Crippen molar-refractivity contribution in [2.75, 3.05) is 0 Å². The second-order valence-electron chi connectivity index (χ2n) is 4.53. The Morgan fingerprint density at radius 3 is 2.61 bits per heavy atom. The van der Waals surface area contributed by atoms with Crippen LogP contribution in [-0.4, -0.2) is 4.98 Å². The quantitative estimate of drug-likeness (QED) is 0.883. The molecule has 0 spiro atoms. The molecule has 0 saturated carbocycles. The third-order valence-corrected chi connectivity index (χ3v) is 4.39. The van der Waals surface area contributed by atoms with E-state index < -0.39 is 0 Å². The van der Waals surface area contributed by atoms with Crippen molar-refractivity contribution in [3.63, 3.8) is 0 Å². The molecule has 2 aromatic rings. The molecule has 0 amide bonds. The molecular formula is C15H20N2S. The Hall–Kier alpha value is -1.19. The van der Waals surface area contributed by atoms with Gasteiger partial charge in [0, 0.05) is 17.5 Å². The van der Waals surface area contributed by atoms with Gasteiger partial charge in [0.1, 0.15) is 0 Å². The highest BCUT2D eigenvalue weighted by Crippen LogP contribution is 2.21. The maximum atomic E-state index is 4.30. The summed E-state index contributed by atoms with van der Waals surface area (Å²) in [6.45, 7) is 7.40. The third kappa shape index (κ3) is 2.98. The summed E-state index contributed by atoms with van der Waals surface area (Å²) >= 11 is 1.73. The molecule has 0 bridgehead atoms. The highest BCUT2D eigenvalue weighted by atomic mass is 32.1. The van der Waals surface area contributed by atoms with Gasteiger partial charge in [-0.3, -0.25) is 0 Å². The molecule has 0 aliphatic rings. The Balaban J connectivity index is 2.01. The van der Waals surface area contributed by atoms with Gasteiger partial charge in [-0.25, -0.2) is 4.98 Å². The Labute approximate surface area is 113 Å². The van der Waals surface area contributed by atoms with Crippen LogP contribution in [0.25, 0.3) is 0 Å². The number of aromatic nitrogens is 1. The van der Waals surface area contributed by atoms with Crippen molar-refractivity contribution in [2.24, 2.45) is 0 Å². The summed E-state index contributed by atoms with van der Waals surface area (Å²) in [5.74, 6) is 0. The number of aryl methyl sites for hydroxylation is 2. The van der Waals surface area contributed by atoms with Crippen molar-refractivity contribution in [3.8, 4) is 0 Å². The van der Waals surface area contributed by atoms with Crippen LogP contribution in [0.1, 0.15) is 41.6 Å². The molecule has 1 heterocycles. The molecule has 0 fully saturated rings. The smallest absolute Gasteiger partial charge is 0.0798 e. The van der Waals surface area contributed by atoms with Gasteiger partial charge in [0.05, 0.1) is 11.2 Å². The zero-order valence-electron chi connectivity index (χ0n) is 11.2. The van der Waals surface area contributed by atoms with Gasteiger partial charge in [-0.15, -0.1) is 11.3 Å². The third-order valence-electron chi connectivity index (χ3n) is 3.27. The largest absolute Gasteiger partial charge is 0.305 e. The topological polar surface area (TPSA) is 24.9 Å². The molecule has 0 saturated heterocycles. The van der Waals surface area contributed by atoms with Crippen LogP contribution >= 0.6 is 11.3 Å². The lowest BCUT2D eigenvalue weighted by atomic mass is 10.1. The molecule has 18 heavy (non-hydrogen) atoms. The first kappa shape index (κ1) is 13.2. The Morgan fingerprint density at radius 2 is 2.00 bits per heavy atom. The summed E-state index contributed by atoms with van der Waals surface area (Å²) in [7, 11) is 0. The summed E-state index contributed by atoms with van der Waals surface area (Å²) in [6.07, 6.45) is 1.09. The Bertz CT molecular complexity index is 505. The molecule has 1 atom stereocenters. The average Bonchev–Trinajstić information content (AvgIpc) is 2.82. The predicted octanol–water partition coefficient (Wildman–Crippen LogP) is 3.86. The number of rotatable bonds is 5. The summed E-state index contributed by atoms with van der Waals surface area (Å²) < 4.78 is 0. The first-order valence-electron chi connectivity index (χ1n) is 6.42. The predicted molar refractivity (Wildman–Crippen MR) is 77.9 cm³/mol. The number of benzene rings is 1. The van der Waals surface area contributed by atoms with Crippen LogP contribution in [0.4, 0.5) is 0 Å². The molecule has 0 aliphatic heterocycles. The molecule has 0 radical (unpaired) electrons. The lowest BCUT2D eigenvalue weighted by molar-refractivity contribution is 0.577. The van der Waals surface area contributed by atoms with Crippen LogP contribution in [0.15, 0.2) is 29.8 Å². The van der Waals surface area contributed by atoms with Gasteiger partial charge in [-0.05, 0) is 31.4 Å². The van der Waals surface area contributed by atoms with Crippen molar-refractivity contribution in [1.29, 1.82) is 0 Å².